The van der Waals surface area contributed by atoms with E-state index < -0.39 is 28.6 Å². The highest BCUT2D eigenvalue weighted by atomic mass is 31.2. The summed E-state index contributed by atoms with van der Waals surface area (Å²) in [5.41, 5.74) is 12.4. The second kappa shape index (κ2) is 27.4. The third kappa shape index (κ3) is 12.1. The van der Waals surface area contributed by atoms with Crippen molar-refractivity contribution in [1.29, 1.82) is 0 Å². The summed E-state index contributed by atoms with van der Waals surface area (Å²) in [7, 11) is -14.8. The number of benzene rings is 15. The van der Waals surface area contributed by atoms with Gasteiger partial charge < -0.3 is 18.3 Å². The van der Waals surface area contributed by atoms with E-state index in [1.165, 1.54) is 0 Å². The minimum Gasteiger partial charge on any atom is -0.309 e. The average molecular weight is 1340 g/mol. The van der Waals surface area contributed by atoms with Crippen LogP contribution in [0.5, 0.6) is 0 Å². The lowest BCUT2D eigenvalue weighted by atomic mass is 10.1. The summed E-state index contributed by atoms with van der Waals surface area (Å²) in [5, 5.41) is 7.20. The molecule has 0 atom stereocenters. The zero-order valence-electron chi connectivity index (χ0n) is 53.5. The maximum absolute atomic E-state index is 17.3. The fraction of sp³-hybridized carbons (Fsp3) is 0. The molecule has 0 bridgehead atoms. The van der Waals surface area contributed by atoms with Gasteiger partial charge in [-0.15, -0.1) is 0 Å². The molecule has 0 aliphatic heterocycles. The second-order valence-corrected chi connectivity index (χ2v) is 35.5. The van der Waals surface area contributed by atoms with E-state index in [1.807, 2.05) is 328 Å². The van der Waals surface area contributed by atoms with Crippen molar-refractivity contribution in [3.8, 4) is 66.8 Å². The predicted molar refractivity (Wildman–Crippen MR) is 417 cm³/mol. The summed E-state index contributed by atoms with van der Waals surface area (Å²) in [6.07, 6.45) is 0. The second-order valence-electron chi connectivity index (χ2n) is 24.5. The molecule has 0 aromatic heterocycles. The van der Waals surface area contributed by atoms with Gasteiger partial charge in [0.15, 0.2) is 28.6 Å². The standard InChI is InChI=1S/C90H66O4P4/c91-95(79-43-31-73(32-44-79)67-19-7-1-8-20-67,80-45-33-74(34-46-80)68-21-9-2-10-22-68)85-55-61-88(62-56-85)98(94,89-63-57-86(58-64-89)96(92,81-47-35-75(36-48-81)69-23-11-3-12-24-69)82-49-37-76(38-50-82)70-25-13-4-14-26-70)90-65-59-87(60-66-90)97(93,83-51-39-77(40-52-83)71-27-15-5-16-28-71)84-53-41-78(42-54-84)72-29-17-6-18-30-72/h1-66H. The van der Waals surface area contributed by atoms with Crippen LogP contribution in [0.2, 0.25) is 0 Å². The Bertz CT molecular complexity index is 4620. The van der Waals surface area contributed by atoms with Crippen LogP contribution in [0.1, 0.15) is 0 Å². The summed E-state index contributed by atoms with van der Waals surface area (Å²) >= 11 is 0. The van der Waals surface area contributed by atoms with Gasteiger partial charge in [-0.1, -0.05) is 400 Å². The van der Waals surface area contributed by atoms with Crippen molar-refractivity contribution in [1.82, 2.24) is 0 Å². The molecule has 0 aliphatic carbocycles. The van der Waals surface area contributed by atoms with Crippen LogP contribution >= 0.6 is 28.6 Å². The van der Waals surface area contributed by atoms with Gasteiger partial charge in [-0.05, 0) is 66.8 Å². The molecule has 0 radical (unpaired) electrons. The molecule has 0 spiro atoms. The Labute approximate surface area is 573 Å². The molecule has 15 aromatic rings. The molecule has 8 heteroatoms. The minimum absolute atomic E-state index is 0.500. The van der Waals surface area contributed by atoms with Gasteiger partial charge in [-0.2, -0.15) is 0 Å². The van der Waals surface area contributed by atoms with E-state index >= 15 is 18.3 Å². The zero-order valence-corrected chi connectivity index (χ0v) is 57.1. The van der Waals surface area contributed by atoms with E-state index in [9.17, 15) is 0 Å². The van der Waals surface area contributed by atoms with Gasteiger partial charge in [0.05, 0.1) is 0 Å². The van der Waals surface area contributed by atoms with Crippen LogP contribution in [0.15, 0.2) is 400 Å². The van der Waals surface area contributed by atoms with Crippen LogP contribution in [-0.4, -0.2) is 0 Å². The summed E-state index contributed by atoms with van der Waals surface area (Å²) in [5.74, 6) is 0. The first-order valence-corrected chi connectivity index (χ1v) is 39.6. The Morgan fingerprint density at radius 2 is 0.184 bits per heavy atom. The molecule has 470 valence electrons. The maximum atomic E-state index is 17.3. The first-order valence-electron chi connectivity index (χ1n) is 32.8. The predicted octanol–water partition coefficient (Wildman–Crippen LogP) is 18.2. The largest absolute Gasteiger partial charge is 0.309 e. The van der Waals surface area contributed by atoms with Crippen molar-refractivity contribution in [2.24, 2.45) is 0 Å². The van der Waals surface area contributed by atoms with Crippen molar-refractivity contribution < 1.29 is 18.3 Å². The van der Waals surface area contributed by atoms with Crippen molar-refractivity contribution >= 4 is 92.2 Å². The summed E-state index contributed by atoms with van der Waals surface area (Å²) in [6.45, 7) is 0. The van der Waals surface area contributed by atoms with E-state index in [2.05, 4.69) is 72.8 Å². The fourth-order valence-corrected chi connectivity index (χ4v) is 23.8. The van der Waals surface area contributed by atoms with Crippen LogP contribution in [0.3, 0.4) is 0 Å². The molecule has 0 aliphatic rings. The quantitative estimate of drug-likeness (QED) is 0.0803. The average Bonchev–Trinajstić information content (AvgIpc) is 0.750. The molecule has 15 aromatic carbocycles. The van der Waals surface area contributed by atoms with Crippen LogP contribution in [0, 0.1) is 0 Å². The lowest BCUT2D eigenvalue weighted by Crippen LogP contribution is -2.31. The molecule has 4 nitrogen and oxygen atoms in total. The smallest absolute Gasteiger partial charge is 0.171 e. The summed E-state index contributed by atoms with van der Waals surface area (Å²) < 4.78 is 67.1. The molecule has 0 N–H and O–H groups in total. The Kier molecular flexibility index (Phi) is 17.7. The molecular weight excluding hydrogens is 1270 g/mol. The fourth-order valence-electron chi connectivity index (χ4n) is 13.4. The highest BCUT2D eigenvalue weighted by Crippen LogP contribution is 2.49. The van der Waals surface area contributed by atoms with Gasteiger partial charge in [0.1, 0.15) is 0 Å². The molecular formula is C90H66O4P4. The van der Waals surface area contributed by atoms with E-state index in [-0.39, 0.29) is 0 Å². The zero-order chi connectivity index (χ0) is 66.5. The van der Waals surface area contributed by atoms with Crippen molar-refractivity contribution in [3.63, 3.8) is 0 Å². The van der Waals surface area contributed by atoms with Crippen LogP contribution in [0.25, 0.3) is 66.8 Å². The lowest BCUT2D eigenvalue weighted by Gasteiger charge is -2.25. The molecule has 0 amide bonds. The first kappa shape index (κ1) is 63.3. The number of rotatable bonds is 18. The third-order valence-electron chi connectivity index (χ3n) is 18.8. The minimum atomic E-state index is -3.94. The van der Waals surface area contributed by atoms with Crippen molar-refractivity contribution in [2.45, 2.75) is 0 Å². The molecule has 0 heterocycles. The van der Waals surface area contributed by atoms with E-state index in [1.54, 1.807) is 0 Å². The molecule has 0 saturated carbocycles. The molecule has 0 fully saturated rings. The molecule has 0 saturated heterocycles. The van der Waals surface area contributed by atoms with Gasteiger partial charge in [0.2, 0.25) is 0 Å². The number of hydrogen-bond donors (Lipinski definition) is 0. The van der Waals surface area contributed by atoms with Gasteiger partial charge in [-0.25, -0.2) is 0 Å². The Balaban J connectivity index is 0.871. The van der Waals surface area contributed by atoms with Crippen LogP contribution < -0.4 is 63.7 Å². The normalized spacial score (nSPS) is 11.8. The Morgan fingerprint density at radius 3 is 0.286 bits per heavy atom. The number of hydrogen-bond acceptors (Lipinski definition) is 4. The topological polar surface area (TPSA) is 68.3 Å². The first-order chi connectivity index (χ1) is 48.1. The lowest BCUT2D eigenvalue weighted by molar-refractivity contribution is 0.591. The van der Waals surface area contributed by atoms with Crippen LogP contribution in [0.4, 0.5) is 0 Å². The highest BCUT2D eigenvalue weighted by Gasteiger charge is 2.37. The maximum Gasteiger partial charge on any atom is 0.171 e. The molecule has 15 rings (SSSR count). The highest BCUT2D eigenvalue weighted by molar-refractivity contribution is 7.87. The van der Waals surface area contributed by atoms with Gasteiger partial charge in [0, 0.05) is 63.7 Å². The molecule has 98 heavy (non-hydrogen) atoms. The van der Waals surface area contributed by atoms with Crippen LogP contribution in [-0.2, 0) is 18.3 Å². The summed E-state index contributed by atoms with van der Waals surface area (Å²) in [6, 6.07) is 131. The van der Waals surface area contributed by atoms with Gasteiger partial charge in [-0.3, -0.25) is 0 Å². The van der Waals surface area contributed by atoms with E-state index in [0.29, 0.717) is 63.7 Å². The SMILES string of the molecule is O=P(c1ccc(-c2ccccc2)cc1)(c1ccc(-c2ccccc2)cc1)c1ccc(P(=O)(c2ccc(P(=O)(c3ccc(-c4ccccc4)cc3)c3ccc(-c4ccccc4)cc3)cc2)c2ccc(P(=O)(c3ccc(-c4ccccc4)cc3)c3ccc(-c4ccccc4)cc3)cc2)cc1. The van der Waals surface area contributed by atoms with Crippen molar-refractivity contribution in [3.05, 3.63) is 400 Å². The van der Waals surface area contributed by atoms with Gasteiger partial charge in [0.25, 0.3) is 0 Å². The molecule has 0 unspecified atom stereocenters. The third-order valence-corrected chi connectivity index (χ3v) is 31.1. The monoisotopic (exact) mass is 1330 g/mol. The van der Waals surface area contributed by atoms with E-state index in [4.69, 9.17) is 0 Å². The van der Waals surface area contributed by atoms with Gasteiger partial charge >= 0.3 is 0 Å². The Morgan fingerprint density at radius 1 is 0.102 bits per heavy atom. The summed E-state index contributed by atoms with van der Waals surface area (Å²) in [4.78, 5) is 0. The van der Waals surface area contributed by atoms with E-state index in [0.717, 1.165) is 66.8 Å². The van der Waals surface area contributed by atoms with Crippen molar-refractivity contribution in [2.75, 3.05) is 0 Å². The Hall–Kier alpha value is -10.8.